The molecule has 0 radical (unpaired) electrons. The van der Waals surface area contributed by atoms with Gasteiger partial charge in [0.15, 0.2) is 5.17 Å². The van der Waals surface area contributed by atoms with Crippen LogP contribution in [-0.4, -0.2) is 11.1 Å². The lowest BCUT2D eigenvalue weighted by molar-refractivity contribution is -0.113. The van der Waals surface area contributed by atoms with E-state index in [0.717, 1.165) is 16.1 Å². The lowest BCUT2D eigenvalue weighted by Gasteiger charge is -2.09. The molecule has 2 aromatic rings. The number of amidine groups is 1. The van der Waals surface area contributed by atoms with Crippen molar-refractivity contribution >= 4 is 34.6 Å². The summed E-state index contributed by atoms with van der Waals surface area (Å²) in [6.45, 7) is 0. The van der Waals surface area contributed by atoms with Crippen LogP contribution in [0.4, 0.5) is 10.1 Å². The summed E-state index contributed by atoms with van der Waals surface area (Å²) in [5.41, 5.74) is 2.00. The minimum absolute atomic E-state index is 0.147. The number of halogens is 1. The summed E-state index contributed by atoms with van der Waals surface area (Å²) in [7, 11) is 0. The molecule has 2 aliphatic heterocycles. The number of benzene rings is 2. The Morgan fingerprint density at radius 3 is 2.67 bits per heavy atom. The third-order valence-corrected chi connectivity index (χ3v) is 4.33. The van der Waals surface area contributed by atoms with Crippen LogP contribution in [0, 0.1) is 5.82 Å². The minimum atomic E-state index is -0.300. The predicted molar refractivity (Wildman–Crippen MR) is 81.6 cm³/mol. The average molecular weight is 296 g/mol. The van der Waals surface area contributed by atoms with E-state index in [2.05, 4.69) is 4.99 Å². The van der Waals surface area contributed by atoms with Crippen LogP contribution in [-0.2, 0) is 4.79 Å². The smallest absolute Gasteiger partial charge is 0.266 e. The number of nitrogens with zero attached hydrogens (tertiary/aromatic N) is 2. The molecule has 1 amide bonds. The van der Waals surface area contributed by atoms with Crippen molar-refractivity contribution in [1.82, 2.24) is 0 Å². The van der Waals surface area contributed by atoms with Gasteiger partial charge in [-0.2, -0.15) is 0 Å². The van der Waals surface area contributed by atoms with Gasteiger partial charge < -0.3 is 0 Å². The van der Waals surface area contributed by atoms with Crippen molar-refractivity contribution in [2.75, 3.05) is 4.90 Å². The highest BCUT2D eigenvalue weighted by molar-refractivity contribution is 8.15. The lowest BCUT2D eigenvalue weighted by Crippen LogP contribution is -2.26. The second-order valence-corrected chi connectivity index (χ2v) is 5.69. The molecule has 5 heteroatoms. The quantitative estimate of drug-likeness (QED) is 0.752. The summed E-state index contributed by atoms with van der Waals surface area (Å²) >= 11 is 1.48. The number of carbonyl (C=O) groups excluding carboxylic acids is 1. The van der Waals surface area contributed by atoms with Crippen molar-refractivity contribution in [2.24, 2.45) is 4.99 Å². The number of anilines is 1. The zero-order valence-electron chi connectivity index (χ0n) is 10.8. The third kappa shape index (κ3) is 1.97. The molecule has 102 valence electrons. The van der Waals surface area contributed by atoms with E-state index in [-0.39, 0.29) is 11.7 Å². The van der Waals surface area contributed by atoms with Crippen LogP contribution in [0.5, 0.6) is 0 Å². The monoisotopic (exact) mass is 296 g/mol. The Morgan fingerprint density at radius 1 is 1.10 bits per heavy atom. The second-order valence-electron chi connectivity index (χ2n) is 4.69. The maximum absolute atomic E-state index is 12.9. The van der Waals surface area contributed by atoms with Gasteiger partial charge in [-0.1, -0.05) is 24.3 Å². The van der Waals surface area contributed by atoms with E-state index in [1.165, 1.54) is 23.9 Å². The molecule has 0 aliphatic carbocycles. The van der Waals surface area contributed by atoms with Gasteiger partial charge in [0.1, 0.15) is 11.5 Å². The van der Waals surface area contributed by atoms with E-state index in [1.807, 2.05) is 24.3 Å². The maximum atomic E-state index is 12.9. The van der Waals surface area contributed by atoms with Gasteiger partial charge in [0.25, 0.3) is 5.91 Å². The highest BCUT2D eigenvalue weighted by Gasteiger charge is 2.38. The van der Waals surface area contributed by atoms with Crippen LogP contribution in [0.25, 0.3) is 6.08 Å². The first-order valence-corrected chi connectivity index (χ1v) is 7.21. The van der Waals surface area contributed by atoms with Crippen LogP contribution in [0.3, 0.4) is 0 Å². The molecule has 3 nitrogen and oxygen atoms in total. The number of para-hydroxylation sites is 1. The summed E-state index contributed by atoms with van der Waals surface area (Å²) < 4.78 is 12.9. The average Bonchev–Trinajstić information content (AvgIpc) is 2.99. The number of aliphatic imine (C=N–C) groups is 1. The zero-order valence-corrected chi connectivity index (χ0v) is 11.6. The lowest BCUT2D eigenvalue weighted by atomic mass is 10.2. The van der Waals surface area contributed by atoms with E-state index >= 15 is 0 Å². The first kappa shape index (κ1) is 12.3. The zero-order chi connectivity index (χ0) is 14.4. The first-order valence-electron chi connectivity index (χ1n) is 6.40. The molecule has 0 saturated carbocycles. The molecule has 2 aliphatic rings. The van der Waals surface area contributed by atoms with Gasteiger partial charge in [-0.25, -0.2) is 9.38 Å². The summed E-state index contributed by atoms with van der Waals surface area (Å²) in [5.74, 6) is -0.446. The Bertz CT molecular complexity index is 811. The van der Waals surface area contributed by atoms with Crippen LogP contribution < -0.4 is 4.90 Å². The molecular formula is C16H9FN2OS. The van der Waals surface area contributed by atoms with Crippen LogP contribution in [0.2, 0.25) is 0 Å². The molecule has 0 spiro atoms. The number of carbonyl (C=O) groups is 1. The molecule has 2 heterocycles. The van der Waals surface area contributed by atoms with Gasteiger partial charge in [0.2, 0.25) is 0 Å². The molecule has 0 bridgehead atoms. The Balaban J connectivity index is 1.72. The van der Waals surface area contributed by atoms with Crippen molar-refractivity contribution in [3.8, 4) is 0 Å². The molecule has 0 saturated heterocycles. The van der Waals surface area contributed by atoms with E-state index < -0.39 is 0 Å². The standard InChI is InChI=1S/C16H9FN2OS/c17-11-7-5-10(6-8-11)9-12-15(20)19-13-3-1-2-4-14(13)21-16(19)18-12/h1-9H/b12-9-. The summed E-state index contributed by atoms with van der Waals surface area (Å²) in [4.78, 5) is 19.5. The molecule has 0 unspecified atom stereocenters. The molecule has 21 heavy (non-hydrogen) atoms. The fourth-order valence-electron chi connectivity index (χ4n) is 2.32. The third-order valence-electron chi connectivity index (χ3n) is 3.31. The SMILES string of the molecule is O=C1/C(=C/c2ccc(F)cc2)N=C2Sc3ccccc3N12. The fraction of sp³-hybridized carbons (Fsp3) is 0. The molecule has 0 fully saturated rings. The number of amides is 1. The fourth-order valence-corrected chi connectivity index (χ4v) is 3.34. The molecule has 0 aromatic heterocycles. The van der Waals surface area contributed by atoms with Crippen molar-refractivity contribution in [3.63, 3.8) is 0 Å². The summed E-state index contributed by atoms with van der Waals surface area (Å²) in [6, 6.07) is 13.7. The second kappa shape index (κ2) is 4.56. The Labute approximate surface area is 124 Å². The Kier molecular flexibility index (Phi) is 2.68. The Hall–Kier alpha value is -2.40. The maximum Gasteiger partial charge on any atom is 0.283 e. The van der Waals surface area contributed by atoms with E-state index in [9.17, 15) is 9.18 Å². The molecule has 0 atom stereocenters. The number of fused-ring (bicyclic) bond motifs is 3. The van der Waals surface area contributed by atoms with Gasteiger partial charge in [-0.3, -0.25) is 9.69 Å². The number of hydrogen-bond acceptors (Lipinski definition) is 3. The Morgan fingerprint density at radius 2 is 1.86 bits per heavy atom. The predicted octanol–water partition coefficient (Wildman–Crippen LogP) is 3.68. The molecule has 0 N–H and O–H groups in total. The van der Waals surface area contributed by atoms with Crippen LogP contribution in [0.15, 0.2) is 64.1 Å². The van der Waals surface area contributed by atoms with Gasteiger partial charge >= 0.3 is 0 Å². The largest absolute Gasteiger partial charge is 0.283 e. The topological polar surface area (TPSA) is 32.7 Å². The highest BCUT2D eigenvalue weighted by atomic mass is 32.2. The highest BCUT2D eigenvalue weighted by Crippen LogP contribution is 2.43. The van der Waals surface area contributed by atoms with Crippen molar-refractivity contribution in [3.05, 3.63) is 65.6 Å². The molecular weight excluding hydrogens is 287 g/mol. The number of hydrogen-bond donors (Lipinski definition) is 0. The summed E-state index contributed by atoms with van der Waals surface area (Å²) in [6.07, 6.45) is 1.68. The van der Waals surface area contributed by atoms with Crippen molar-refractivity contribution in [1.29, 1.82) is 0 Å². The van der Waals surface area contributed by atoms with Gasteiger partial charge in [0, 0.05) is 4.90 Å². The summed E-state index contributed by atoms with van der Waals surface area (Å²) in [5, 5.41) is 0.676. The molecule has 4 rings (SSSR count). The van der Waals surface area contributed by atoms with Crippen LogP contribution >= 0.6 is 11.8 Å². The number of thioether (sulfide) groups is 1. The van der Waals surface area contributed by atoms with Crippen molar-refractivity contribution in [2.45, 2.75) is 4.90 Å². The minimum Gasteiger partial charge on any atom is -0.266 e. The van der Waals surface area contributed by atoms with E-state index in [0.29, 0.717) is 10.9 Å². The van der Waals surface area contributed by atoms with Gasteiger partial charge in [-0.15, -0.1) is 0 Å². The normalized spacial score (nSPS) is 18.0. The van der Waals surface area contributed by atoms with Gasteiger partial charge in [-0.05, 0) is 47.7 Å². The van der Waals surface area contributed by atoms with E-state index in [1.54, 1.807) is 23.1 Å². The number of rotatable bonds is 1. The van der Waals surface area contributed by atoms with E-state index in [4.69, 9.17) is 0 Å². The van der Waals surface area contributed by atoms with Crippen LogP contribution in [0.1, 0.15) is 5.56 Å². The first-order chi connectivity index (χ1) is 10.2. The van der Waals surface area contributed by atoms with Gasteiger partial charge in [0.05, 0.1) is 5.69 Å². The molecule has 2 aromatic carbocycles. The van der Waals surface area contributed by atoms with Crippen molar-refractivity contribution < 1.29 is 9.18 Å².